The molecule has 0 atom stereocenters. The smallest absolute Gasteiger partial charge is 0.308 e. The zero-order valence-electron chi connectivity index (χ0n) is 14.6. The highest BCUT2D eigenvalue weighted by Gasteiger charge is 2.16. The van der Waals surface area contributed by atoms with Gasteiger partial charge in [-0.2, -0.15) is 0 Å². The fourth-order valence-electron chi connectivity index (χ4n) is 3.21. The summed E-state index contributed by atoms with van der Waals surface area (Å²) in [4.78, 5) is 40.2. The summed E-state index contributed by atoms with van der Waals surface area (Å²) in [6.45, 7) is -0.111. The predicted octanol–water partition coefficient (Wildman–Crippen LogP) is 1.78. The van der Waals surface area contributed by atoms with Gasteiger partial charge in [0.1, 0.15) is 0 Å². The number of ether oxygens (including phenoxy) is 1. The molecule has 2 aromatic rings. The van der Waals surface area contributed by atoms with E-state index in [-0.39, 0.29) is 37.1 Å². The molecule has 1 aromatic carbocycles. The van der Waals surface area contributed by atoms with Crippen LogP contribution in [-0.2, 0) is 20.9 Å². The highest BCUT2D eigenvalue weighted by molar-refractivity contribution is 5.80. The molecule has 1 heterocycles. The Hall–Kier alpha value is -2.70. The summed E-state index contributed by atoms with van der Waals surface area (Å²) >= 11 is 0. The molecule has 7 nitrogen and oxygen atoms in total. The monoisotopic (exact) mass is 357 g/mol. The van der Waals surface area contributed by atoms with Gasteiger partial charge in [-0.1, -0.05) is 31.4 Å². The maximum atomic E-state index is 12.3. The van der Waals surface area contributed by atoms with Gasteiger partial charge in [-0.15, -0.1) is 0 Å². The first-order valence-electron chi connectivity index (χ1n) is 9.02. The largest absolute Gasteiger partial charge is 0.456 e. The van der Waals surface area contributed by atoms with E-state index >= 15 is 0 Å². The molecule has 1 aromatic heterocycles. The molecule has 0 spiro atoms. The molecule has 0 aliphatic heterocycles. The molecule has 138 valence electrons. The lowest BCUT2D eigenvalue weighted by Crippen LogP contribution is -2.38. The molecule has 0 bridgehead atoms. The molecule has 1 aliphatic rings. The van der Waals surface area contributed by atoms with Crippen LogP contribution in [0.25, 0.3) is 10.9 Å². The third-order valence-corrected chi connectivity index (χ3v) is 4.62. The fourth-order valence-corrected chi connectivity index (χ4v) is 3.21. The summed E-state index contributed by atoms with van der Waals surface area (Å²) in [6, 6.07) is 7.25. The number of benzene rings is 1. The molecule has 1 fully saturated rings. The van der Waals surface area contributed by atoms with Crippen LogP contribution in [0.2, 0.25) is 0 Å². The van der Waals surface area contributed by atoms with Crippen molar-refractivity contribution in [3.05, 3.63) is 40.9 Å². The molecule has 3 rings (SSSR count). The number of aromatic nitrogens is 2. The molecule has 0 radical (unpaired) electrons. The molecule has 1 aliphatic carbocycles. The second kappa shape index (κ2) is 8.60. The van der Waals surface area contributed by atoms with Crippen LogP contribution in [0.4, 0.5) is 0 Å². The van der Waals surface area contributed by atoms with Crippen LogP contribution in [0.1, 0.15) is 38.5 Å². The van der Waals surface area contributed by atoms with E-state index in [1.807, 2.05) is 6.07 Å². The van der Waals surface area contributed by atoms with Crippen molar-refractivity contribution in [2.75, 3.05) is 6.61 Å². The van der Waals surface area contributed by atoms with Crippen molar-refractivity contribution in [3.63, 3.8) is 0 Å². The minimum atomic E-state index is -0.510. The van der Waals surface area contributed by atoms with Crippen molar-refractivity contribution in [1.29, 1.82) is 0 Å². The summed E-state index contributed by atoms with van der Waals surface area (Å²) in [5, 5.41) is 3.41. The minimum absolute atomic E-state index is 0.0106. The lowest BCUT2D eigenvalue weighted by molar-refractivity contribution is -0.149. The minimum Gasteiger partial charge on any atom is -0.456 e. The normalized spacial score (nSPS) is 14.9. The number of hydrogen-bond acceptors (Lipinski definition) is 5. The van der Waals surface area contributed by atoms with E-state index in [0.29, 0.717) is 10.9 Å². The van der Waals surface area contributed by atoms with Crippen molar-refractivity contribution in [2.45, 2.75) is 51.1 Å². The third-order valence-electron chi connectivity index (χ3n) is 4.62. The van der Waals surface area contributed by atoms with Gasteiger partial charge in [0, 0.05) is 12.6 Å². The summed E-state index contributed by atoms with van der Waals surface area (Å²) in [7, 11) is 0. The van der Waals surface area contributed by atoms with Crippen LogP contribution >= 0.6 is 0 Å². The summed E-state index contributed by atoms with van der Waals surface area (Å²) in [5.74, 6) is -0.779. The number of nitrogens with one attached hydrogen (secondary N) is 1. The van der Waals surface area contributed by atoms with Gasteiger partial charge in [0.15, 0.2) is 6.61 Å². The van der Waals surface area contributed by atoms with Gasteiger partial charge in [0.25, 0.3) is 11.5 Å². The van der Waals surface area contributed by atoms with Gasteiger partial charge < -0.3 is 10.1 Å². The summed E-state index contributed by atoms with van der Waals surface area (Å²) in [5.41, 5.74) is 0.425. The molecule has 1 saturated carbocycles. The summed E-state index contributed by atoms with van der Waals surface area (Å²) in [6.07, 6.45) is 6.86. The third kappa shape index (κ3) is 4.68. The number of para-hydroxylation sites is 1. The molecule has 0 unspecified atom stereocenters. The number of carbonyl (C=O) groups is 2. The Kier molecular flexibility index (Phi) is 5.99. The number of nitrogens with zero attached hydrogens (tertiary/aromatic N) is 2. The number of rotatable bonds is 6. The van der Waals surface area contributed by atoms with Gasteiger partial charge in [0.2, 0.25) is 0 Å². The Labute approximate surface area is 151 Å². The highest BCUT2D eigenvalue weighted by atomic mass is 16.5. The van der Waals surface area contributed by atoms with Crippen molar-refractivity contribution in [3.8, 4) is 0 Å². The van der Waals surface area contributed by atoms with E-state index in [4.69, 9.17) is 4.74 Å². The van der Waals surface area contributed by atoms with Crippen LogP contribution in [0.3, 0.4) is 0 Å². The van der Waals surface area contributed by atoms with E-state index in [1.165, 1.54) is 17.3 Å². The van der Waals surface area contributed by atoms with Crippen molar-refractivity contribution < 1.29 is 14.3 Å². The van der Waals surface area contributed by atoms with Gasteiger partial charge >= 0.3 is 5.97 Å². The Morgan fingerprint density at radius 1 is 1.19 bits per heavy atom. The standard InChI is InChI=1S/C19H23N3O4/c23-17(21-14-6-2-1-3-7-14)12-26-18(24)10-11-22-13-20-16-9-5-4-8-15(16)19(22)25/h4-5,8-9,13-14H,1-3,6-7,10-12H2,(H,21,23). The first kappa shape index (κ1) is 18.1. The zero-order chi connectivity index (χ0) is 18.4. The zero-order valence-corrected chi connectivity index (χ0v) is 14.6. The van der Waals surface area contributed by atoms with Gasteiger partial charge in [-0.3, -0.25) is 19.0 Å². The lowest BCUT2D eigenvalue weighted by Gasteiger charge is -2.22. The Morgan fingerprint density at radius 2 is 1.96 bits per heavy atom. The van der Waals surface area contributed by atoms with E-state index in [9.17, 15) is 14.4 Å². The lowest BCUT2D eigenvalue weighted by atomic mass is 9.95. The van der Waals surface area contributed by atoms with Crippen LogP contribution in [0, 0.1) is 0 Å². The van der Waals surface area contributed by atoms with Crippen LogP contribution in [0.15, 0.2) is 35.4 Å². The van der Waals surface area contributed by atoms with Gasteiger partial charge in [0.05, 0.1) is 23.7 Å². The number of fused-ring (bicyclic) bond motifs is 1. The average molecular weight is 357 g/mol. The Morgan fingerprint density at radius 3 is 2.77 bits per heavy atom. The maximum Gasteiger partial charge on any atom is 0.308 e. The predicted molar refractivity (Wildman–Crippen MR) is 96.6 cm³/mol. The van der Waals surface area contributed by atoms with Crippen LogP contribution < -0.4 is 10.9 Å². The molecule has 1 N–H and O–H groups in total. The van der Waals surface area contributed by atoms with Crippen LogP contribution in [0.5, 0.6) is 0 Å². The van der Waals surface area contributed by atoms with E-state index in [1.54, 1.807) is 18.2 Å². The number of carbonyl (C=O) groups excluding carboxylic acids is 2. The molecule has 26 heavy (non-hydrogen) atoms. The molecule has 1 amide bonds. The molecule has 7 heteroatoms. The Bertz CT molecular complexity index is 840. The number of esters is 1. The number of aryl methyl sites for hydroxylation is 1. The van der Waals surface area contributed by atoms with Crippen molar-refractivity contribution in [2.24, 2.45) is 0 Å². The Balaban J connectivity index is 1.46. The van der Waals surface area contributed by atoms with E-state index < -0.39 is 5.97 Å². The second-order valence-corrected chi connectivity index (χ2v) is 6.57. The quantitative estimate of drug-likeness (QED) is 0.796. The average Bonchev–Trinajstić information content (AvgIpc) is 2.67. The molecular weight excluding hydrogens is 334 g/mol. The topological polar surface area (TPSA) is 90.3 Å². The first-order valence-corrected chi connectivity index (χ1v) is 9.02. The SMILES string of the molecule is O=C(COC(=O)CCn1cnc2ccccc2c1=O)NC1CCCCC1. The van der Waals surface area contributed by atoms with Crippen molar-refractivity contribution >= 4 is 22.8 Å². The van der Waals surface area contributed by atoms with Gasteiger partial charge in [-0.25, -0.2) is 4.98 Å². The molecular formula is C19H23N3O4. The number of amides is 1. The highest BCUT2D eigenvalue weighted by Crippen LogP contribution is 2.17. The van der Waals surface area contributed by atoms with Crippen molar-refractivity contribution in [1.82, 2.24) is 14.9 Å². The van der Waals surface area contributed by atoms with Crippen LogP contribution in [-0.4, -0.2) is 34.1 Å². The number of hydrogen-bond donors (Lipinski definition) is 1. The van der Waals surface area contributed by atoms with E-state index in [0.717, 1.165) is 25.7 Å². The summed E-state index contributed by atoms with van der Waals surface area (Å²) < 4.78 is 6.39. The molecule has 0 saturated heterocycles. The first-order chi connectivity index (χ1) is 12.6. The van der Waals surface area contributed by atoms with E-state index in [2.05, 4.69) is 10.3 Å². The van der Waals surface area contributed by atoms with Gasteiger partial charge in [-0.05, 0) is 25.0 Å². The fraction of sp³-hybridized carbons (Fsp3) is 0.474. The maximum absolute atomic E-state index is 12.3. The second-order valence-electron chi connectivity index (χ2n) is 6.57.